The van der Waals surface area contributed by atoms with Crippen molar-refractivity contribution < 1.29 is 8.42 Å². The quantitative estimate of drug-likeness (QED) is 0.592. The zero-order chi connectivity index (χ0) is 17.7. The largest absolute Gasteiger partial charge is 0.356 e. The molecular formula is C17H34N4O2S. The van der Waals surface area contributed by atoms with Crippen LogP contribution in [0, 0.1) is 17.8 Å². The lowest BCUT2D eigenvalue weighted by Crippen LogP contribution is -2.48. The minimum atomic E-state index is -3.04. The lowest BCUT2D eigenvalue weighted by atomic mass is 9.80. The molecule has 1 saturated heterocycles. The van der Waals surface area contributed by atoms with E-state index in [1.165, 1.54) is 25.5 Å². The Labute approximate surface area is 147 Å². The smallest absolute Gasteiger partial charge is 0.211 e. The van der Waals surface area contributed by atoms with Gasteiger partial charge in [0.1, 0.15) is 0 Å². The third kappa shape index (κ3) is 5.92. The van der Waals surface area contributed by atoms with Gasteiger partial charge < -0.3 is 10.6 Å². The molecule has 1 heterocycles. The first-order chi connectivity index (χ1) is 11.3. The molecular weight excluding hydrogens is 324 g/mol. The molecule has 7 heteroatoms. The normalized spacial score (nSPS) is 31.0. The summed E-state index contributed by atoms with van der Waals surface area (Å²) in [7, 11) is -1.22. The number of guanidine groups is 1. The summed E-state index contributed by atoms with van der Waals surface area (Å²) in [6.45, 7) is 6.78. The Morgan fingerprint density at radius 3 is 2.21 bits per heavy atom. The maximum absolute atomic E-state index is 11.6. The molecule has 2 aliphatic rings. The number of hydrogen-bond donors (Lipinski definition) is 2. The Bertz CT molecular complexity index is 517. The zero-order valence-corrected chi connectivity index (χ0v) is 16.4. The van der Waals surface area contributed by atoms with Gasteiger partial charge in [0.15, 0.2) is 5.96 Å². The molecule has 1 saturated carbocycles. The molecule has 1 aliphatic carbocycles. The Balaban J connectivity index is 1.74. The van der Waals surface area contributed by atoms with E-state index in [9.17, 15) is 8.42 Å². The van der Waals surface area contributed by atoms with E-state index in [0.29, 0.717) is 25.0 Å². The Morgan fingerprint density at radius 2 is 1.71 bits per heavy atom. The van der Waals surface area contributed by atoms with Crippen molar-refractivity contribution in [3.8, 4) is 0 Å². The van der Waals surface area contributed by atoms with E-state index in [0.717, 1.165) is 37.2 Å². The van der Waals surface area contributed by atoms with Gasteiger partial charge in [0.25, 0.3) is 0 Å². The molecule has 0 spiro atoms. The molecule has 0 amide bonds. The second-order valence-electron chi connectivity index (χ2n) is 7.82. The fourth-order valence-electron chi connectivity index (χ4n) is 4.14. The van der Waals surface area contributed by atoms with E-state index in [2.05, 4.69) is 29.5 Å². The van der Waals surface area contributed by atoms with Crippen LogP contribution in [0.2, 0.25) is 0 Å². The molecule has 6 nitrogen and oxygen atoms in total. The summed E-state index contributed by atoms with van der Waals surface area (Å²) in [5, 5.41) is 7.01. The minimum Gasteiger partial charge on any atom is -0.356 e. The van der Waals surface area contributed by atoms with Gasteiger partial charge >= 0.3 is 0 Å². The number of hydrogen-bond acceptors (Lipinski definition) is 3. The Morgan fingerprint density at radius 1 is 1.12 bits per heavy atom. The summed E-state index contributed by atoms with van der Waals surface area (Å²) in [4.78, 5) is 4.36. The predicted molar refractivity (Wildman–Crippen MR) is 99.6 cm³/mol. The van der Waals surface area contributed by atoms with Crippen LogP contribution in [0.4, 0.5) is 0 Å². The van der Waals surface area contributed by atoms with Crippen molar-refractivity contribution in [3.05, 3.63) is 0 Å². The zero-order valence-electron chi connectivity index (χ0n) is 15.6. The number of piperidine rings is 1. The van der Waals surface area contributed by atoms with Crippen molar-refractivity contribution in [2.75, 3.05) is 32.9 Å². The van der Waals surface area contributed by atoms with Crippen molar-refractivity contribution in [1.82, 2.24) is 14.9 Å². The molecule has 0 bridgehead atoms. The highest BCUT2D eigenvalue weighted by Gasteiger charge is 2.26. The number of aliphatic imine (C=N–C) groups is 1. The van der Waals surface area contributed by atoms with Crippen molar-refractivity contribution in [2.45, 2.75) is 52.0 Å². The van der Waals surface area contributed by atoms with Crippen LogP contribution in [0.3, 0.4) is 0 Å². The summed E-state index contributed by atoms with van der Waals surface area (Å²) in [5.74, 6) is 2.92. The summed E-state index contributed by atoms with van der Waals surface area (Å²) in [5.41, 5.74) is 0. The van der Waals surface area contributed by atoms with Gasteiger partial charge in [0.2, 0.25) is 10.0 Å². The van der Waals surface area contributed by atoms with Crippen LogP contribution < -0.4 is 10.6 Å². The SMILES string of the molecule is CN=C(NCC1CCN(S(C)(=O)=O)CC1)NC1CC(C)CC(C)C1. The second-order valence-corrected chi connectivity index (χ2v) is 9.80. The molecule has 140 valence electrons. The Kier molecular flexibility index (Phi) is 6.92. The average molecular weight is 359 g/mol. The van der Waals surface area contributed by atoms with Gasteiger partial charge in [-0.1, -0.05) is 13.8 Å². The summed E-state index contributed by atoms with van der Waals surface area (Å²) in [6.07, 6.45) is 6.85. The van der Waals surface area contributed by atoms with E-state index in [-0.39, 0.29) is 0 Å². The van der Waals surface area contributed by atoms with Gasteiger partial charge in [-0.05, 0) is 49.9 Å². The van der Waals surface area contributed by atoms with Gasteiger partial charge in [-0.15, -0.1) is 0 Å². The molecule has 0 aromatic carbocycles. The first-order valence-corrected chi connectivity index (χ1v) is 11.0. The van der Waals surface area contributed by atoms with Gasteiger partial charge in [-0.3, -0.25) is 4.99 Å². The monoisotopic (exact) mass is 358 g/mol. The molecule has 2 rings (SSSR count). The van der Waals surface area contributed by atoms with E-state index >= 15 is 0 Å². The highest BCUT2D eigenvalue weighted by molar-refractivity contribution is 7.88. The number of sulfonamides is 1. The van der Waals surface area contributed by atoms with Crippen LogP contribution in [0.15, 0.2) is 4.99 Å². The summed E-state index contributed by atoms with van der Waals surface area (Å²) < 4.78 is 24.7. The molecule has 2 fully saturated rings. The van der Waals surface area contributed by atoms with Crippen LogP contribution in [-0.2, 0) is 10.0 Å². The van der Waals surface area contributed by atoms with Crippen molar-refractivity contribution in [3.63, 3.8) is 0 Å². The van der Waals surface area contributed by atoms with Crippen molar-refractivity contribution >= 4 is 16.0 Å². The van der Waals surface area contributed by atoms with E-state index in [1.807, 2.05) is 7.05 Å². The fourth-order valence-corrected chi connectivity index (χ4v) is 5.01. The molecule has 24 heavy (non-hydrogen) atoms. The van der Waals surface area contributed by atoms with E-state index < -0.39 is 10.0 Å². The van der Waals surface area contributed by atoms with Crippen LogP contribution >= 0.6 is 0 Å². The minimum absolute atomic E-state index is 0.502. The third-order valence-electron chi connectivity index (χ3n) is 5.34. The van der Waals surface area contributed by atoms with Gasteiger partial charge in [0, 0.05) is 32.7 Å². The molecule has 1 aliphatic heterocycles. The summed E-state index contributed by atoms with van der Waals surface area (Å²) >= 11 is 0. The van der Waals surface area contributed by atoms with Crippen LogP contribution in [0.5, 0.6) is 0 Å². The summed E-state index contributed by atoms with van der Waals surface area (Å²) in [6, 6.07) is 0.502. The third-order valence-corrected chi connectivity index (χ3v) is 6.65. The van der Waals surface area contributed by atoms with E-state index in [1.54, 1.807) is 4.31 Å². The van der Waals surface area contributed by atoms with Crippen molar-refractivity contribution in [2.24, 2.45) is 22.7 Å². The molecule has 0 aromatic heterocycles. The van der Waals surface area contributed by atoms with Gasteiger partial charge in [-0.25, -0.2) is 12.7 Å². The number of rotatable bonds is 4. The van der Waals surface area contributed by atoms with Crippen LogP contribution in [0.25, 0.3) is 0 Å². The standard InChI is InChI=1S/C17H34N4O2S/c1-13-9-14(2)11-16(10-13)20-17(18-3)19-12-15-5-7-21(8-6-15)24(4,22)23/h13-16H,5-12H2,1-4H3,(H2,18,19,20). The fraction of sp³-hybridized carbons (Fsp3) is 0.941. The maximum Gasteiger partial charge on any atom is 0.211 e. The highest BCUT2D eigenvalue weighted by atomic mass is 32.2. The average Bonchev–Trinajstić information content (AvgIpc) is 2.50. The molecule has 2 unspecified atom stereocenters. The first kappa shape index (κ1) is 19.5. The van der Waals surface area contributed by atoms with E-state index in [4.69, 9.17) is 0 Å². The maximum atomic E-state index is 11.6. The topological polar surface area (TPSA) is 73.8 Å². The van der Waals surface area contributed by atoms with Gasteiger partial charge in [0.05, 0.1) is 6.26 Å². The lowest BCUT2D eigenvalue weighted by Gasteiger charge is -2.34. The van der Waals surface area contributed by atoms with Crippen molar-refractivity contribution in [1.29, 1.82) is 0 Å². The second kappa shape index (κ2) is 8.52. The molecule has 0 aromatic rings. The number of nitrogens with zero attached hydrogens (tertiary/aromatic N) is 2. The number of nitrogens with one attached hydrogen (secondary N) is 2. The van der Waals surface area contributed by atoms with Gasteiger partial charge in [-0.2, -0.15) is 0 Å². The Hall–Kier alpha value is -0.820. The first-order valence-electron chi connectivity index (χ1n) is 9.20. The molecule has 2 N–H and O–H groups in total. The molecule has 2 atom stereocenters. The van der Waals surface area contributed by atoms with Crippen LogP contribution in [0.1, 0.15) is 46.0 Å². The molecule has 0 radical (unpaired) electrons. The highest BCUT2D eigenvalue weighted by Crippen LogP contribution is 2.28. The van der Waals surface area contributed by atoms with Crippen LogP contribution in [-0.4, -0.2) is 57.7 Å². The predicted octanol–water partition coefficient (Wildman–Crippen LogP) is 1.65. The lowest BCUT2D eigenvalue weighted by molar-refractivity contribution is 0.253.